The number of hydrogen-bond donors (Lipinski definition) is 4. The van der Waals surface area contributed by atoms with Gasteiger partial charge >= 0.3 is 0 Å². The van der Waals surface area contributed by atoms with Crippen LogP contribution in [0, 0.1) is 0 Å². The van der Waals surface area contributed by atoms with E-state index in [1.807, 2.05) is 24.3 Å². The van der Waals surface area contributed by atoms with Gasteiger partial charge in [-0.2, -0.15) is 8.42 Å². The summed E-state index contributed by atoms with van der Waals surface area (Å²) in [5.41, 5.74) is 1.57. The highest BCUT2D eigenvalue weighted by Crippen LogP contribution is 2.26. The van der Waals surface area contributed by atoms with Gasteiger partial charge in [-0.25, -0.2) is 4.98 Å². The van der Waals surface area contributed by atoms with Crippen LogP contribution in [-0.4, -0.2) is 47.4 Å². The van der Waals surface area contributed by atoms with Crippen molar-refractivity contribution in [2.45, 2.75) is 11.0 Å². The molecule has 3 rings (SSSR count). The van der Waals surface area contributed by atoms with Crippen LogP contribution in [0.5, 0.6) is 0 Å². The Balaban J connectivity index is 1.89. The molecule has 1 atom stereocenters. The summed E-state index contributed by atoms with van der Waals surface area (Å²) in [6, 6.07) is 12.1. The van der Waals surface area contributed by atoms with Crippen LogP contribution in [0.15, 0.2) is 47.4 Å². The van der Waals surface area contributed by atoms with Gasteiger partial charge in [0, 0.05) is 12.2 Å². The summed E-state index contributed by atoms with van der Waals surface area (Å²) in [5.74, 6) is 0. The smallest absolute Gasteiger partial charge is 0.295 e. The molecule has 0 amide bonds. The summed E-state index contributed by atoms with van der Waals surface area (Å²) < 4.78 is 34.0. The van der Waals surface area contributed by atoms with E-state index in [4.69, 9.17) is 5.11 Å². The zero-order valence-corrected chi connectivity index (χ0v) is 15.7. The van der Waals surface area contributed by atoms with E-state index in [-0.39, 0.29) is 11.4 Å². The van der Waals surface area contributed by atoms with Crippen molar-refractivity contribution in [2.24, 2.45) is 0 Å². The number of benzene rings is 2. The normalized spacial score (nSPS) is 13.3. The molecule has 0 fully saturated rings. The summed E-state index contributed by atoms with van der Waals surface area (Å²) in [6.45, 7) is -0.372. The number of rotatable bonds is 7. The van der Waals surface area contributed by atoms with E-state index >= 15 is 0 Å². The first-order valence-corrected chi connectivity index (χ1v) is 10.3. The first kappa shape index (κ1) is 19.5. The minimum atomic E-state index is -4.45. The van der Waals surface area contributed by atoms with Gasteiger partial charge in [-0.1, -0.05) is 24.3 Å². The Morgan fingerprint density at radius 2 is 1.96 bits per heavy atom. The highest BCUT2D eigenvalue weighted by molar-refractivity contribution is 7.86. The van der Waals surface area contributed by atoms with Crippen LogP contribution < -0.4 is 5.32 Å². The third-order valence-corrected chi connectivity index (χ3v) is 5.67. The third kappa shape index (κ3) is 4.90. The molecule has 0 aliphatic heterocycles. The number of fused-ring (bicyclic) bond motifs is 1. The average molecular weight is 406 g/mol. The Kier molecular flexibility index (Phi) is 5.88. The van der Waals surface area contributed by atoms with Crippen LogP contribution in [-0.2, 0) is 10.1 Å². The average Bonchev–Trinajstić information content (AvgIpc) is 3.07. The van der Waals surface area contributed by atoms with Gasteiger partial charge in [0.1, 0.15) is 9.90 Å². The van der Waals surface area contributed by atoms with Crippen molar-refractivity contribution < 1.29 is 23.2 Å². The molecule has 7 nitrogen and oxygen atoms in total. The van der Waals surface area contributed by atoms with E-state index in [1.165, 1.54) is 17.4 Å². The largest absolute Gasteiger partial charge is 0.394 e. The van der Waals surface area contributed by atoms with Gasteiger partial charge in [-0.3, -0.25) is 4.55 Å². The predicted molar refractivity (Wildman–Crippen MR) is 106 cm³/mol. The Morgan fingerprint density at radius 3 is 2.67 bits per heavy atom. The van der Waals surface area contributed by atoms with Crippen molar-refractivity contribution in [1.82, 2.24) is 4.98 Å². The lowest BCUT2D eigenvalue weighted by Gasteiger charge is -2.12. The summed E-state index contributed by atoms with van der Waals surface area (Å²) >= 11 is 1.47. The molecule has 0 aliphatic rings. The summed E-state index contributed by atoms with van der Waals surface area (Å²) in [5, 5.41) is 21.7. The minimum Gasteiger partial charge on any atom is -0.394 e. The maximum atomic E-state index is 11.7. The van der Waals surface area contributed by atoms with E-state index in [2.05, 4.69) is 10.3 Å². The Labute approximate surface area is 160 Å². The highest BCUT2D eigenvalue weighted by Gasteiger charge is 2.15. The molecule has 1 aromatic heterocycles. The molecular weight excluding hydrogens is 388 g/mol. The molecule has 0 aliphatic carbocycles. The quantitative estimate of drug-likeness (QED) is 0.445. The number of aromatic nitrogens is 1. The molecule has 0 saturated carbocycles. The van der Waals surface area contributed by atoms with Gasteiger partial charge in [0.05, 0.1) is 22.9 Å². The zero-order chi connectivity index (χ0) is 19.4. The van der Waals surface area contributed by atoms with Crippen LogP contribution in [0.2, 0.25) is 0 Å². The molecule has 4 N–H and O–H groups in total. The van der Waals surface area contributed by atoms with Gasteiger partial charge < -0.3 is 15.5 Å². The minimum absolute atomic E-state index is 0.0440. The summed E-state index contributed by atoms with van der Waals surface area (Å²) in [6.07, 6.45) is 2.29. The zero-order valence-electron chi connectivity index (χ0n) is 14.1. The fourth-order valence-corrected chi connectivity index (χ4v) is 4.01. The molecule has 1 heterocycles. The van der Waals surface area contributed by atoms with Crippen molar-refractivity contribution in [1.29, 1.82) is 0 Å². The SMILES string of the molecule is O=S(=O)(O)c1cc(NCC(O)CO)ccc1C=Cc1nc2ccccc2s1. The van der Waals surface area contributed by atoms with Crippen LogP contribution in [0.25, 0.3) is 22.4 Å². The molecule has 9 heteroatoms. The Hall–Kier alpha value is -2.30. The molecule has 3 aromatic rings. The topological polar surface area (TPSA) is 120 Å². The maximum absolute atomic E-state index is 11.7. The van der Waals surface area contributed by atoms with Crippen molar-refractivity contribution in [3.8, 4) is 0 Å². The van der Waals surface area contributed by atoms with E-state index in [0.29, 0.717) is 16.3 Å². The number of hydrogen-bond acceptors (Lipinski definition) is 7. The molecule has 0 radical (unpaired) electrons. The van der Waals surface area contributed by atoms with Crippen molar-refractivity contribution in [3.05, 3.63) is 53.0 Å². The van der Waals surface area contributed by atoms with E-state index in [0.717, 1.165) is 10.2 Å². The molecule has 0 bridgehead atoms. The Morgan fingerprint density at radius 1 is 1.19 bits per heavy atom. The molecule has 0 saturated heterocycles. The second-order valence-corrected chi connectivity index (χ2v) is 8.25. The fourth-order valence-electron chi connectivity index (χ4n) is 2.43. The number of aliphatic hydroxyl groups excluding tert-OH is 2. The fraction of sp³-hybridized carbons (Fsp3) is 0.167. The van der Waals surface area contributed by atoms with Gasteiger partial charge in [-0.05, 0) is 35.9 Å². The first-order valence-electron chi connectivity index (χ1n) is 8.05. The van der Waals surface area contributed by atoms with Crippen LogP contribution >= 0.6 is 11.3 Å². The second-order valence-electron chi connectivity index (χ2n) is 5.80. The van der Waals surface area contributed by atoms with E-state index in [9.17, 15) is 18.1 Å². The number of thiazole rings is 1. The van der Waals surface area contributed by atoms with E-state index < -0.39 is 22.8 Å². The molecule has 142 valence electrons. The van der Waals surface area contributed by atoms with E-state index in [1.54, 1.807) is 24.3 Å². The number of anilines is 1. The lowest BCUT2D eigenvalue weighted by Crippen LogP contribution is -2.23. The van der Waals surface area contributed by atoms with Crippen LogP contribution in [0.3, 0.4) is 0 Å². The van der Waals surface area contributed by atoms with Gasteiger partial charge in [0.15, 0.2) is 0 Å². The Bertz CT molecular complexity index is 1040. The lowest BCUT2D eigenvalue weighted by molar-refractivity contribution is 0.105. The van der Waals surface area contributed by atoms with Gasteiger partial charge in [-0.15, -0.1) is 11.3 Å². The van der Waals surface area contributed by atoms with Crippen LogP contribution in [0.4, 0.5) is 5.69 Å². The predicted octanol–water partition coefficient (Wildman–Crippen LogP) is 2.48. The van der Waals surface area contributed by atoms with Crippen molar-refractivity contribution in [3.63, 3.8) is 0 Å². The number of nitrogens with one attached hydrogen (secondary N) is 1. The van der Waals surface area contributed by atoms with Crippen molar-refractivity contribution in [2.75, 3.05) is 18.5 Å². The number of para-hydroxylation sites is 1. The standard InChI is InChI=1S/C18H18N2O5S2/c21-11-14(22)10-19-13-7-5-12(17(9-13)27(23,24)25)6-8-18-20-15-3-1-2-4-16(15)26-18/h1-9,14,19,21-22H,10-11H2,(H,23,24,25). The molecule has 1 unspecified atom stereocenters. The number of nitrogens with zero attached hydrogens (tertiary/aromatic N) is 1. The highest BCUT2D eigenvalue weighted by atomic mass is 32.2. The molecule has 2 aromatic carbocycles. The molecule has 0 spiro atoms. The summed E-state index contributed by atoms with van der Waals surface area (Å²) in [7, 11) is -4.45. The van der Waals surface area contributed by atoms with Crippen molar-refractivity contribution >= 4 is 49.5 Å². The van der Waals surface area contributed by atoms with Gasteiger partial charge in [0.2, 0.25) is 0 Å². The lowest BCUT2D eigenvalue weighted by atomic mass is 10.2. The molecular formula is C18H18N2O5S2. The second kappa shape index (κ2) is 8.15. The first-order chi connectivity index (χ1) is 12.9. The van der Waals surface area contributed by atoms with Crippen LogP contribution in [0.1, 0.15) is 10.6 Å². The molecule has 27 heavy (non-hydrogen) atoms. The summed E-state index contributed by atoms with van der Waals surface area (Å²) in [4.78, 5) is 4.19. The maximum Gasteiger partial charge on any atom is 0.295 e. The van der Waals surface area contributed by atoms with Gasteiger partial charge in [0.25, 0.3) is 10.1 Å². The monoisotopic (exact) mass is 406 g/mol. The third-order valence-electron chi connectivity index (χ3n) is 3.76. The number of aliphatic hydroxyl groups is 2.